The lowest BCUT2D eigenvalue weighted by Crippen LogP contribution is -2.33. The molecule has 0 radical (unpaired) electrons. The fourth-order valence-corrected chi connectivity index (χ4v) is 5.13. The second kappa shape index (κ2) is 11.3. The number of carbonyl (C=O) groups excluding carboxylic acids is 1. The SMILES string of the molecule is CCOC(C)(C)C=C(C#N)C(=O)N1CCC(n2c(=O)n(-c3ccc(Oc4ccccc4)cc3)c3c(N)ncnc32)C1. The maximum atomic E-state index is 13.9. The van der Waals surface area contributed by atoms with Crippen molar-refractivity contribution in [1.82, 2.24) is 24.0 Å². The molecule has 1 fully saturated rings. The molecule has 1 aliphatic rings. The van der Waals surface area contributed by atoms with Crippen LogP contribution in [0.4, 0.5) is 5.82 Å². The highest BCUT2D eigenvalue weighted by molar-refractivity contribution is 5.97. The van der Waals surface area contributed by atoms with E-state index in [2.05, 4.69) is 9.97 Å². The fraction of sp³-hybridized carbons (Fsp3) is 0.300. The van der Waals surface area contributed by atoms with Gasteiger partial charge in [0, 0.05) is 19.7 Å². The molecular formula is C30H31N7O4. The summed E-state index contributed by atoms with van der Waals surface area (Å²) in [4.78, 5) is 37.3. The smallest absolute Gasteiger partial charge is 0.335 e. The van der Waals surface area contributed by atoms with Crippen molar-refractivity contribution in [2.45, 2.75) is 38.8 Å². The second-order valence-electron chi connectivity index (χ2n) is 10.2. The number of imidazole rings is 1. The van der Waals surface area contributed by atoms with Gasteiger partial charge in [0.1, 0.15) is 35.0 Å². The number of likely N-dealkylation sites (tertiary alicyclic amines) is 1. The van der Waals surface area contributed by atoms with Crippen molar-refractivity contribution in [3.8, 4) is 23.3 Å². The Balaban J connectivity index is 1.46. The Morgan fingerprint density at radius 3 is 2.54 bits per heavy atom. The molecule has 11 heteroatoms. The number of fused-ring (bicyclic) bond motifs is 1. The summed E-state index contributed by atoms with van der Waals surface area (Å²) in [7, 11) is 0. The van der Waals surface area contributed by atoms with Gasteiger partial charge in [0.2, 0.25) is 0 Å². The van der Waals surface area contributed by atoms with Crippen LogP contribution in [0.15, 0.2) is 77.4 Å². The molecule has 210 valence electrons. The number of para-hydroxylation sites is 1. The molecule has 1 atom stereocenters. The van der Waals surface area contributed by atoms with Gasteiger partial charge in [-0.05, 0) is 69.7 Å². The maximum Gasteiger partial charge on any atom is 0.335 e. The number of hydrogen-bond acceptors (Lipinski definition) is 8. The highest BCUT2D eigenvalue weighted by Gasteiger charge is 2.33. The van der Waals surface area contributed by atoms with Crippen LogP contribution in [0, 0.1) is 11.3 Å². The first-order chi connectivity index (χ1) is 19.7. The third-order valence-corrected chi connectivity index (χ3v) is 6.93. The van der Waals surface area contributed by atoms with E-state index in [9.17, 15) is 14.9 Å². The summed E-state index contributed by atoms with van der Waals surface area (Å²) in [6.45, 7) is 6.51. The normalized spacial score (nSPS) is 15.7. The Kier molecular flexibility index (Phi) is 7.59. The molecule has 2 N–H and O–H groups in total. The number of ether oxygens (including phenoxy) is 2. The van der Waals surface area contributed by atoms with Gasteiger partial charge in [0.15, 0.2) is 11.5 Å². The van der Waals surface area contributed by atoms with Gasteiger partial charge in [-0.3, -0.25) is 13.9 Å². The van der Waals surface area contributed by atoms with Gasteiger partial charge in [0.05, 0.1) is 17.3 Å². The standard InChI is InChI=1S/C30H31N7O4/c1-4-40-30(2,3)16-20(17-31)28(38)35-15-14-22(18-35)37-27-25(26(32)33-19-34-27)36(29(37)39)21-10-12-24(13-11-21)41-23-8-6-5-7-9-23/h5-13,16,19,22H,4,14-15,18H2,1-3H3,(H2,32,33,34). The van der Waals surface area contributed by atoms with Crippen LogP contribution in [-0.2, 0) is 9.53 Å². The maximum absolute atomic E-state index is 13.9. The zero-order valence-electron chi connectivity index (χ0n) is 23.2. The van der Waals surface area contributed by atoms with E-state index < -0.39 is 11.5 Å². The van der Waals surface area contributed by atoms with E-state index in [-0.39, 0.29) is 29.7 Å². The second-order valence-corrected chi connectivity index (χ2v) is 10.2. The molecule has 3 heterocycles. The zero-order chi connectivity index (χ0) is 29.1. The van der Waals surface area contributed by atoms with E-state index in [1.807, 2.05) is 43.3 Å². The number of aromatic nitrogens is 4. The highest BCUT2D eigenvalue weighted by Crippen LogP contribution is 2.29. The Hall–Kier alpha value is -4.95. The molecule has 0 bridgehead atoms. The Labute approximate surface area is 237 Å². The van der Waals surface area contributed by atoms with E-state index in [1.165, 1.54) is 10.9 Å². The van der Waals surface area contributed by atoms with Crippen LogP contribution >= 0.6 is 0 Å². The van der Waals surface area contributed by atoms with Crippen molar-refractivity contribution >= 4 is 22.9 Å². The Bertz CT molecular complexity index is 1700. The van der Waals surface area contributed by atoms with Crippen LogP contribution < -0.4 is 16.2 Å². The largest absolute Gasteiger partial charge is 0.457 e. The first kappa shape index (κ1) is 27.6. The summed E-state index contributed by atoms with van der Waals surface area (Å²) >= 11 is 0. The quantitative estimate of drug-likeness (QED) is 0.255. The van der Waals surface area contributed by atoms with E-state index in [4.69, 9.17) is 15.2 Å². The van der Waals surface area contributed by atoms with Crippen LogP contribution in [0.3, 0.4) is 0 Å². The van der Waals surface area contributed by atoms with Gasteiger partial charge >= 0.3 is 5.69 Å². The molecule has 1 aliphatic heterocycles. The average molecular weight is 554 g/mol. The lowest BCUT2D eigenvalue weighted by atomic mass is 10.0. The van der Waals surface area contributed by atoms with Crippen molar-refractivity contribution in [3.05, 3.63) is 83.1 Å². The van der Waals surface area contributed by atoms with Crippen molar-refractivity contribution in [2.24, 2.45) is 0 Å². The van der Waals surface area contributed by atoms with Gasteiger partial charge in [-0.2, -0.15) is 5.26 Å². The molecule has 5 rings (SSSR count). The number of nitrogens with two attached hydrogens (primary N) is 1. The molecule has 11 nitrogen and oxygen atoms in total. The van der Waals surface area contributed by atoms with Crippen molar-refractivity contribution < 1.29 is 14.3 Å². The zero-order valence-corrected chi connectivity index (χ0v) is 23.2. The summed E-state index contributed by atoms with van der Waals surface area (Å²) in [5, 5.41) is 9.70. The number of amides is 1. The molecule has 0 saturated carbocycles. The Morgan fingerprint density at radius 2 is 1.85 bits per heavy atom. The summed E-state index contributed by atoms with van der Waals surface area (Å²) < 4.78 is 14.6. The molecule has 1 amide bonds. The van der Waals surface area contributed by atoms with E-state index in [0.717, 1.165) is 0 Å². The highest BCUT2D eigenvalue weighted by atomic mass is 16.5. The van der Waals surface area contributed by atoms with Crippen LogP contribution in [0.2, 0.25) is 0 Å². The minimum Gasteiger partial charge on any atom is -0.457 e. The van der Waals surface area contributed by atoms with Crippen LogP contribution in [0.1, 0.15) is 33.2 Å². The first-order valence-corrected chi connectivity index (χ1v) is 13.4. The Morgan fingerprint density at radius 1 is 1.15 bits per heavy atom. The molecule has 1 unspecified atom stereocenters. The van der Waals surface area contributed by atoms with Crippen molar-refractivity contribution in [2.75, 3.05) is 25.4 Å². The number of rotatable bonds is 8. The molecule has 0 spiro atoms. The monoisotopic (exact) mass is 553 g/mol. The van der Waals surface area contributed by atoms with E-state index >= 15 is 0 Å². The molecule has 2 aromatic heterocycles. The molecular weight excluding hydrogens is 522 g/mol. The number of carbonyl (C=O) groups is 1. The topological polar surface area (TPSA) is 141 Å². The molecule has 4 aromatic rings. The number of hydrogen-bond donors (Lipinski definition) is 1. The lowest BCUT2D eigenvalue weighted by Gasteiger charge is -2.22. The van der Waals surface area contributed by atoms with E-state index in [1.54, 1.807) is 53.7 Å². The number of benzene rings is 2. The number of nitriles is 1. The first-order valence-electron chi connectivity index (χ1n) is 13.4. The third kappa shape index (κ3) is 5.55. The molecule has 41 heavy (non-hydrogen) atoms. The van der Waals surface area contributed by atoms with Crippen LogP contribution in [0.25, 0.3) is 16.9 Å². The summed E-state index contributed by atoms with van der Waals surface area (Å²) in [5.41, 5.74) is 6.47. The molecule has 1 saturated heterocycles. The van der Waals surface area contributed by atoms with Gasteiger partial charge < -0.3 is 20.1 Å². The minimum atomic E-state index is -0.769. The van der Waals surface area contributed by atoms with Crippen LogP contribution in [-0.4, -0.2) is 55.2 Å². The fourth-order valence-electron chi connectivity index (χ4n) is 5.13. The predicted molar refractivity (Wildman–Crippen MR) is 154 cm³/mol. The number of anilines is 1. The molecule has 2 aromatic carbocycles. The predicted octanol–water partition coefficient (Wildman–Crippen LogP) is 4.00. The molecule has 0 aliphatic carbocycles. The van der Waals surface area contributed by atoms with Gasteiger partial charge in [-0.15, -0.1) is 0 Å². The summed E-state index contributed by atoms with van der Waals surface area (Å²) in [5.74, 6) is 1.07. The van der Waals surface area contributed by atoms with Gasteiger partial charge in [0.25, 0.3) is 5.91 Å². The van der Waals surface area contributed by atoms with Crippen molar-refractivity contribution in [1.29, 1.82) is 5.26 Å². The lowest BCUT2D eigenvalue weighted by molar-refractivity contribution is -0.126. The van der Waals surface area contributed by atoms with Crippen LogP contribution in [0.5, 0.6) is 11.5 Å². The minimum absolute atomic E-state index is 0.00301. The van der Waals surface area contributed by atoms with Gasteiger partial charge in [-0.1, -0.05) is 18.2 Å². The summed E-state index contributed by atoms with van der Waals surface area (Å²) in [6.07, 6.45) is 3.37. The van der Waals surface area contributed by atoms with E-state index in [0.29, 0.717) is 47.9 Å². The number of nitrogens with zero attached hydrogens (tertiary/aromatic N) is 6. The van der Waals surface area contributed by atoms with Crippen molar-refractivity contribution in [3.63, 3.8) is 0 Å². The average Bonchev–Trinajstić information content (AvgIpc) is 3.55. The number of nitrogen functional groups attached to an aromatic ring is 1. The third-order valence-electron chi connectivity index (χ3n) is 6.93. The van der Waals surface area contributed by atoms with Gasteiger partial charge in [-0.25, -0.2) is 14.8 Å². The summed E-state index contributed by atoms with van der Waals surface area (Å²) in [6, 6.07) is 18.1.